The Bertz CT molecular complexity index is 1490. The smallest absolute Gasteiger partial charge is 0.216 e. The van der Waals surface area contributed by atoms with Crippen molar-refractivity contribution in [3.8, 4) is 11.3 Å². The molecule has 2 aliphatic rings. The number of hydrogen-bond acceptors (Lipinski definition) is 6. The molecule has 3 atom stereocenters. The molecule has 0 spiro atoms. The number of piperidine rings is 1. The van der Waals surface area contributed by atoms with E-state index in [1.807, 2.05) is 12.1 Å². The minimum atomic E-state index is -3.42. The standard InChI is InChI=1S/C29H38FN3O5S2/c1-31-29(34)27-24-16-23(20-8-7-15-33(18-20)40(36,37)22-9-5-4-6-10-22)25(32(2)39(3)35)17-26(24)38-28(27)19-11-13-21(30)14-12-19/h11-14,16-17,20,22,29,31,34H,4-10,15,18H2,1-3H3/t20-,29?,39?/m0/s1. The molecule has 2 heterocycles. The van der Waals surface area contributed by atoms with Gasteiger partial charge in [-0.25, -0.2) is 21.3 Å². The summed E-state index contributed by atoms with van der Waals surface area (Å²) in [7, 11) is -1.38. The lowest BCUT2D eigenvalue weighted by atomic mass is 9.89. The fourth-order valence-corrected chi connectivity index (χ4v) is 8.70. The van der Waals surface area contributed by atoms with Crippen molar-refractivity contribution in [3.63, 3.8) is 0 Å². The van der Waals surface area contributed by atoms with E-state index in [9.17, 15) is 22.1 Å². The third-order valence-corrected chi connectivity index (χ3v) is 11.7. The summed E-state index contributed by atoms with van der Waals surface area (Å²) in [6.07, 6.45) is 6.45. The molecular formula is C29H38FN3O5S2. The quantitative estimate of drug-likeness (QED) is 0.357. The number of halogens is 1. The Morgan fingerprint density at radius 3 is 2.48 bits per heavy atom. The Hall–Kier alpha value is -2.31. The monoisotopic (exact) mass is 591 g/mol. The van der Waals surface area contributed by atoms with Crippen molar-refractivity contribution in [2.45, 2.75) is 62.3 Å². The fraction of sp³-hybridized carbons (Fsp3) is 0.517. The van der Waals surface area contributed by atoms with Crippen LogP contribution in [0.25, 0.3) is 22.3 Å². The molecule has 2 unspecified atom stereocenters. The number of furan rings is 1. The van der Waals surface area contributed by atoms with Crippen LogP contribution >= 0.6 is 0 Å². The van der Waals surface area contributed by atoms with Crippen LogP contribution in [-0.2, 0) is 21.0 Å². The highest BCUT2D eigenvalue weighted by atomic mass is 32.2. The van der Waals surface area contributed by atoms with Gasteiger partial charge in [-0.15, -0.1) is 0 Å². The normalized spacial score (nSPS) is 21.0. The Labute approximate surface area is 238 Å². The summed E-state index contributed by atoms with van der Waals surface area (Å²) in [5.41, 5.74) is 3.17. The van der Waals surface area contributed by atoms with Gasteiger partial charge in [0.15, 0.2) is 0 Å². The van der Waals surface area contributed by atoms with E-state index in [1.165, 1.54) is 12.1 Å². The van der Waals surface area contributed by atoms with Crippen molar-refractivity contribution in [1.82, 2.24) is 9.62 Å². The number of hydrogen-bond donors (Lipinski definition) is 2. The van der Waals surface area contributed by atoms with Crippen LogP contribution in [0.5, 0.6) is 0 Å². The molecule has 0 radical (unpaired) electrons. The summed E-state index contributed by atoms with van der Waals surface area (Å²) < 4.78 is 63.1. The third kappa shape index (κ3) is 5.59. The zero-order valence-electron chi connectivity index (χ0n) is 23.2. The number of benzene rings is 2. The van der Waals surface area contributed by atoms with Crippen LogP contribution in [0.4, 0.5) is 10.1 Å². The number of aliphatic hydroxyl groups is 1. The van der Waals surface area contributed by atoms with E-state index >= 15 is 0 Å². The van der Waals surface area contributed by atoms with E-state index in [4.69, 9.17) is 4.42 Å². The van der Waals surface area contributed by atoms with Gasteiger partial charge < -0.3 is 9.52 Å². The van der Waals surface area contributed by atoms with E-state index in [1.54, 1.807) is 41.1 Å². The predicted octanol–water partition coefficient (Wildman–Crippen LogP) is 5.02. The fourth-order valence-electron chi connectivity index (χ4n) is 6.14. The molecule has 1 aliphatic heterocycles. The molecule has 1 aromatic heterocycles. The van der Waals surface area contributed by atoms with Gasteiger partial charge in [-0.05, 0) is 74.5 Å². The zero-order valence-corrected chi connectivity index (χ0v) is 24.9. The Morgan fingerprint density at radius 2 is 1.82 bits per heavy atom. The van der Waals surface area contributed by atoms with Gasteiger partial charge in [0, 0.05) is 49.0 Å². The maximum Gasteiger partial charge on any atom is 0.216 e. The Balaban J connectivity index is 1.62. The van der Waals surface area contributed by atoms with Crippen LogP contribution in [0.15, 0.2) is 40.8 Å². The van der Waals surface area contributed by atoms with Crippen LogP contribution in [0.1, 0.15) is 68.2 Å². The molecule has 3 aromatic rings. The predicted molar refractivity (Wildman–Crippen MR) is 157 cm³/mol. The second-order valence-electron chi connectivity index (χ2n) is 10.9. The number of nitrogens with zero attached hydrogens (tertiary/aromatic N) is 2. The first-order valence-corrected chi connectivity index (χ1v) is 16.9. The number of sulfonamides is 1. The van der Waals surface area contributed by atoms with E-state index in [0.29, 0.717) is 59.5 Å². The summed E-state index contributed by atoms with van der Waals surface area (Å²) in [5.74, 6) is -0.0936. The number of anilines is 1. The first kappa shape index (κ1) is 29.2. The SMILES string of the molecule is CNC(O)c1c(-c2ccc(F)cc2)oc2cc(N(C)S(C)=O)c([C@H]3CCCN(S(=O)(=O)C4CCCCC4)C3)cc12. The molecule has 1 aliphatic carbocycles. The molecule has 2 fully saturated rings. The maximum absolute atomic E-state index is 13.7. The largest absolute Gasteiger partial charge is 0.456 e. The molecule has 8 nitrogen and oxygen atoms in total. The molecular weight excluding hydrogens is 553 g/mol. The molecule has 5 rings (SSSR count). The first-order valence-electron chi connectivity index (χ1n) is 13.9. The zero-order chi connectivity index (χ0) is 28.6. The molecule has 2 N–H and O–H groups in total. The van der Waals surface area contributed by atoms with Crippen LogP contribution in [0.2, 0.25) is 0 Å². The number of nitrogens with one attached hydrogen (secondary N) is 1. The minimum Gasteiger partial charge on any atom is -0.456 e. The van der Waals surface area contributed by atoms with Gasteiger partial charge in [0.05, 0.1) is 10.9 Å². The Morgan fingerprint density at radius 1 is 1.12 bits per heavy atom. The second kappa shape index (κ2) is 11.9. The topological polar surface area (TPSA) is 103 Å². The van der Waals surface area contributed by atoms with Crippen molar-refractivity contribution in [2.24, 2.45) is 0 Å². The summed E-state index contributed by atoms with van der Waals surface area (Å²) in [5, 5.41) is 14.2. The van der Waals surface area contributed by atoms with Gasteiger partial charge in [0.25, 0.3) is 0 Å². The maximum atomic E-state index is 13.7. The van der Waals surface area contributed by atoms with Gasteiger partial charge in [0.1, 0.15) is 34.4 Å². The van der Waals surface area contributed by atoms with Gasteiger partial charge in [-0.1, -0.05) is 19.3 Å². The van der Waals surface area contributed by atoms with Crippen molar-refractivity contribution in [2.75, 3.05) is 37.7 Å². The first-order chi connectivity index (χ1) is 19.1. The van der Waals surface area contributed by atoms with Crippen LogP contribution in [-0.4, -0.2) is 60.7 Å². The molecule has 11 heteroatoms. The number of fused-ring (bicyclic) bond motifs is 1. The van der Waals surface area contributed by atoms with Crippen LogP contribution in [0.3, 0.4) is 0 Å². The van der Waals surface area contributed by atoms with Crippen molar-refractivity contribution >= 4 is 37.7 Å². The van der Waals surface area contributed by atoms with Crippen LogP contribution in [0, 0.1) is 5.82 Å². The highest BCUT2D eigenvalue weighted by molar-refractivity contribution is 7.89. The van der Waals surface area contributed by atoms with Crippen molar-refractivity contribution < 1.29 is 26.5 Å². The Kier molecular flexibility index (Phi) is 8.68. The number of aliphatic hydroxyl groups excluding tert-OH is 1. The van der Waals surface area contributed by atoms with E-state index in [2.05, 4.69) is 5.32 Å². The van der Waals surface area contributed by atoms with Crippen LogP contribution < -0.4 is 9.62 Å². The van der Waals surface area contributed by atoms with Gasteiger partial charge in [-0.2, -0.15) is 0 Å². The van der Waals surface area contributed by atoms with Crippen molar-refractivity contribution in [1.29, 1.82) is 0 Å². The minimum absolute atomic E-state index is 0.124. The number of rotatable bonds is 8. The third-order valence-electron chi connectivity index (χ3n) is 8.41. The van der Waals surface area contributed by atoms with E-state index in [-0.39, 0.29) is 17.0 Å². The van der Waals surface area contributed by atoms with E-state index in [0.717, 1.165) is 37.7 Å². The summed E-state index contributed by atoms with van der Waals surface area (Å²) in [6, 6.07) is 9.65. The summed E-state index contributed by atoms with van der Waals surface area (Å²) in [6.45, 7) is 0.862. The summed E-state index contributed by atoms with van der Waals surface area (Å²) >= 11 is 0. The highest BCUT2D eigenvalue weighted by Crippen LogP contribution is 2.43. The second-order valence-corrected chi connectivity index (χ2v) is 14.5. The summed E-state index contributed by atoms with van der Waals surface area (Å²) in [4.78, 5) is 0. The lowest BCUT2D eigenvalue weighted by Gasteiger charge is -2.36. The lowest BCUT2D eigenvalue weighted by Crippen LogP contribution is -2.44. The molecule has 1 saturated heterocycles. The van der Waals surface area contributed by atoms with Gasteiger partial charge in [0.2, 0.25) is 10.0 Å². The molecule has 0 bridgehead atoms. The van der Waals surface area contributed by atoms with Crippen molar-refractivity contribution in [3.05, 3.63) is 53.3 Å². The molecule has 40 heavy (non-hydrogen) atoms. The highest BCUT2D eigenvalue weighted by Gasteiger charge is 2.37. The molecule has 218 valence electrons. The lowest BCUT2D eigenvalue weighted by molar-refractivity contribution is 0.150. The average molecular weight is 592 g/mol. The molecule has 2 aromatic carbocycles. The van der Waals surface area contributed by atoms with Gasteiger partial charge >= 0.3 is 0 Å². The average Bonchev–Trinajstić information content (AvgIpc) is 3.35. The van der Waals surface area contributed by atoms with E-state index < -0.39 is 27.2 Å². The molecule has 1 saturated carbocycles. The molecule has 0 amide bonds. The van der Waals surface area contributed by atoms with Gasteiger partial charge in [-0.3, -0.25) is 9.62 Å².